The van der Waals surface area contributed by atoms with Crippen molar-refractivity contribution in [2.75, 3.05) is 6.54 Å². The summed E-state index contributed by atoms with van der Waals surface area (Å²) in [5, 5.41) is 5.23. The van der Waals surface area contributed by atoms with E-state index in [1.54, 1.807) is 13.8 Å². The first-order chi connectivity index (χ1) is 9.93. The van der Waals surface area contributed by atoms with Gasteiger partial charge in [0.25, 0.3) is 0 Å². The molecule has 2 atom stereocenters. The molecule has 0 aromatic heterocycles. The minimum atomic E-state index is -0.898. The molecule has 0 radical (unpaired) electrons. The highest BCUT2D eigenvalue weighted by Crippen LogP contribution is 2.07. The van der Waals surface area contributed by atoms with Crippen molar-refractivity contribution in [2.24, 2.45) is 11.7 Å². The predicted octanol–water partition coefficient (Wildman–Crippen LogP) is 1.09. The van der Waals surface area contributed by atoms with E-state index in [4.69, 9.17) is 5.73 Å². The highest BCUT2D eigenvalue weighted by molar-refractivity contribution is 5.92. The fraction of sp³-hybridized carbons (Fsp3) is 0.800. The van der Waals surface area contributed by atoms with E-state index in [2.05, 4.69) is 17.6 Å². The number of nitrogens with one attached hydrogen (secondary N) is 2. The van der Waals surface area contributed by atoms with Crippen LogP contribution in [0, 0.1) is 5.92 Å². The van der Waals surface area contributed by atoms with Gasteiger partial charge >= 0.3 is 0 Å². The maximum absolute atomic E-state index is 11.9. The maximum atomic E-state index is 11.9. The van der Waals surface area contributed by atoms with Gasteiger partial charge in [-0.25, -0.2) is 0 Å². The van der Waals surface area contributed by atoms with Crippen LogP contribution in [0.5, 0.6) is 0 Å². The Labute approximate surface area is 127 Å². The summed E-state index contributed by atoms with van der Waals surface area (Å²) in [5.74, 6) is -1.92. The highest BCUT2D eigenvalue weighted by atomic mass is 16.2. The molecule has 0 bridgehead atoms. The van der Waals surface area contributed by atoms with Crippen molar-refractivity contribution in [3.63, 3.8) is 0 Å². The second-order valence-corrected chi connectivity index (χ2v) is 5.30. The maximum Gasteiger partial charge on any atom is 0.243 e. The number of hydrogen-bond acceptors (Lipinski definition) is 3. The average Bonchev–Trinajstić information content (AvgIpc) is 2.43. The Morgan fingerprint density at radius 2 is 1.67 bits per heavy atom. The fourth-order valence-electron chi connectivity index (χ4n) is 2.00. The van der Waals surface area contributed by atoms with Crippen molar-refractivity contribution >= 4 is 17.7 Å². The van der Waals surface area contributed by atoms with E-state index in [1.165, 1.54) is 6.42 Å². The number of unbranched alkanes of at least 4 members (excludes halogenated alkanes) is 4. The van der Waals surface area contributed by atoms with Crippen molar-refractivity contribution in [3.8, 4) is 0 Å². The molecule has 0 saturated carbocycles. The Hall–Kier alpha value is -1.59. The van der Waals surface area contributed by atoms with Crippen LogP contribution in [0.2, 0.25) is 0 Å². The topological polar surface area (TPSA) is 101 Å². The van der Waals surface area contributed by atoms with Gasteiger partial charge in [-0.15, -0.1) is 0 Å². The molecular weight excluding hydrogens is 270 g/mol. The van der Waals surface area contributed by atoms with Gasteiger partial charge in [0, 0.05) is 13.0 Å². The van der Waals surface area contributed by atoms with Crippen molar-refractivity contribution in [3.05, 3.63) is 0 Å². The van der Waals surface area contributed by atoms with Gasteiger partial charge in [0.1, 0.15) is 6.04 Å². The van der Waals surface area contributed by atoms with Crippen LogP contribution >= 0.6 is 0 Å². The number of hydrogen-bond donors (Lipinski definition) is 3. The molecule has 0 rings (SSSR count). The molecule has 0 aliphatic rings. The van der Waals surface area contributed by atoms with Crippen molar-refractivity contribution < 1.29 is 14.4 Å². The first kappa shape index (κ1) is 19.4. The fourth-order valence-corrected chi connectivity index (χ4v) is 2.00. The summed E-state index contributed by atoms with van der Waals surface area (Å²) < 4.78 is 0. The van der Waals surface area contributed by atoms with Crippen LogP contribution < -0.4 is 16.4 Å². The molecule has 0 aromatic carbocycles. The molecule has 0 fully saturated rings. The average molecular weight is 299 g/mol. The third kappa shape index (κ3) is 8.32. The van der Waals surface area contributed by atoms with Crippen LogP contribution in [-0.2, 0) is 14.4 Å². The van der Waals surface area contributed by atoms with Crippen LogP contribution in [0.3, 0.4) is 0 Å². The van der Waals surface area contributed by atoms with Crippen LogP contribution in [-0.4, -0.2) is 30.3 Å². The van der Waals surface area contributed by atoms with Gasteiger partial charge in [-0.1, -0.05) is 39.5 Å². The third-order valence-corrected chi connectivity index (χ3v) is 3.41. The molecule has 0 saturated heterocycles. The Morgan fingerprint density at radius 1 is 1.05 bits per heavy atom. The molecule has 1 unspecified atom stereocenters. The first-order valence-electron chi connectivity index (χ1n) is 7.80. The zero-order valence-corrected chi connectivity index (χ0v) is 13.4. The molecular formula is C15H29N3O3. The lowest BCUT2D eigenvalue weighted by molar-refractivity contribution is -0.133. The van der Waals surface area contributed by atoms with Gasteiger partial charge in [0.05, 0.1) is 5.92 Å². The molecule has 0 heterocycles. The predicted molar refractivity (Wildman–Crippen MR) is 82.3 cm³/mol. The minimum Gasteiger partial charge on any atom is -0.369 e. The number of nitrogens with two attached hydrogens (primary N) is 1. The Kier molecular flexibility index (Phi) is 10.3. The zero-order chi connectivity index (χ0) is 16.3. The zero-order valence-electron chi connectivity index (χ0n) is 13.4. The van der Waals surface area contributed by atoms with Gasteiger partial charge in [-0.05, 0) is 13.3 Å². The molecule has 0 aliphatic carbocycles. The van der Waals surface area contributed by atoms with Gasteiger partial charge in [-0.3, -0.25) is 14.4 Å². The minimum absolute atomic E-state index is 0.212. The Morgan fingerprint density at radius 3 is 2.19 bits per heavy atom. The summed E-state index contributed by atoms with van der Waals surface area (Å²) in [6, 6.07) is -0.898. The Bertz CT molecular complexity index is 345. The smallest absolute Gasteiger partial charge is 0.243 e. The van der Waals surface area contributed by atoms with E-state index in [0.717, 1.165) is 25.7 Å². The van der Waals surface area contributed by atoms with E-state index in [1.807, 2.05) is 0 Å². The summed E-state index contributed by atoms with van der Waals surface area (Å²) in [5.41, 5.74) is 5.23. The highest BCUT2D eigenvalue weighted by Gasteiger charge is 2.29. The second kappa shape index (κ2) is 11.1. The standard InChI is InChI=1S/C15H29N3O3/c1-4-6-7-8-9-10-12(19)18-13(11(3)14(16)20)15(21)17-5-2/h11,13H,4-10H2,1-3H3,(H2,16,20)(H,17,21)(H,18,19)/t11-,13?/m1/s1. The van der Waals surface area contributed by atoms with Crippen molar-refractivity contribution in [2.45, 2.75) is 65.3 Å². The van der Waals surface area contributed by atoms with Gasteiger partial charge in [0.15, 0.2) is 0 Å². The molecule has 3 amide bonds. The molecule has 21 heavy (non-hydrogen) atoms. The lowest BCUT2D eigenvalue weighted by atomic mass is 10.00. The molecule has 0 aliphatic heterocycles. The summed E-state index contributed by atoms with van der Waals surface area (Å²) in [6.45, 7) is 5.89. The largest absolute Gasteiger partial charge is 0.369 e. The number of amides is 3. The van der Waals surface area contributed by atoms with Gasteiger partial charge in [-0.2, -0.15) is 0 Å². The van der Waals surface area contributed by atoms with Gasteiger partial charge < -0.3 is 16.4 Å². The SMILES string of the molecule is CCCCCCCC(=O)NC(C(=O)NCC)[C@@H](C)C(N)=O. The van der Waals surface area contributed by atoms with Crippen LogP contribution in [0.4, 0.5) is 0 Å². The monoisotopic (exact) mass is 299 g/mol. The van der Waals surface area contributed by atoms with E-state index in [-0.39, 0.29) is 11.8 Å². The third-order valence-electron chi connectivity index (χ3n) is 3.41. The Balaban J connectivity index is 4.35. The molecule has 122 valence electrons. The lowest BCUT2D eigenvalue weighted by Gasteiger charge is -2.22. The van der Waals surface area contributed by atoms with Crippen LogP contribution in [0.15, 0.2) is 0 Å². The van der Waals surface area contributed by atoms with E-state index in [0.29, 0.717) is 13.0 Å². The lowest BCUT2D eigenvalue weighted by Crippen LogP contribution is -2.53. The molecule has 4 N–H and O–H groups in total. The van der Waals surface area contributed by atoms with E-state index in [9.17, 15) is 14.4 Å². The van der Waals surface area contributed by atoms with Gasteiger partial charge in [0.2, 0.25) is 17.7 Å². The summed E-state index contributed by atoms with van der Waals surface area (Å²) in [4.78, 5) is 35.0. The molecule has 0 spiro atoms. The summed E-state index contributed by atoms with van der Waals surface area (Å²) in [6.07, 6.45) is 5.59. The van der Waals surface area contributed by atoms with Crippen molar-refractivity contribution in [1.82, 2.24) is 10.6 Å². The first-order valence-corrected chi connectivity index (χ1v) is 7.80. The van der Waals surface area contributed by atoms with Crippen LogP contribution in [0.1, 0.15) is 59.3 Å². The molecule has 6 heteroatoms. The number of primary amides is 1. The quantitative estimate of drug-likeness (QED) is 0.498. The normalized spacial score (nSPS) is 13.3. The second-order valence-electron chi connectivity index (χ2n) is 5.30. The molecule has 6 nitrogen and oxygen atoms in total. The number of rotatable bonds is 11. The van der Waals surface area contributed by atoms with Crippen LogP contribution in [0.25, 0.3) is 0 Å². The number of carbonyl (C=O) groups is 3. The summed E-state index contributed by atoms with van der Waals surface area (Å²) >= 11 is 0. The molecule has 0 aromatic rings. The number of likely N-dealkylation sites (N-methyl/N-ethyl adjacent to an activating group) is 1. The van der Waals surface area contributed by atoms with Crippen molar-refractivity contribution in [1.29, 1.82) is 0 Å². The van der Waals surface area contributed by atoms with E-state index < -0.39 is 17.9 Å². The van der Waals surface area contributed by atoms with E-state index >= 15 is 0 Å². The number of carbonyl (C=O) groups excluding carboxylic acids is 3. The summed E-state index contributed by atoms with van der Waals surface area (Å²) in [7, 11) is 0.